The van der Waals surface area contributed by atoms with Crippen molar-refractivity contribution in [3.63, 3.8) is 0 Å². The van der Waals surface area contributed by atoms with E-state index in [9.17, 15) is 4.79 Å². The fraction of sp³-hybridized carbons (Fsp3) is 0.545. The molecule has 2 N–H and O–H groups in total. The highest BCUT2D eigenvalue weighted by Gasteiger charge is 2.57. The van der Waals surface area contributed by atoms with Gasteiger partial charge >= 0.3 is 0 Å². The molecule has 3 aliphatic rings. The van der Waals surface area contributed by atoms with E-state index in [0.717, 1.165) is 31.6 Å². The van der Waals surface area contributed by atoms with Crippen LogP contribution in [0.4, 0.5) is 0 Å². The molecule has 5 rings (SSSR count). The first kappa shape index (κ1) is 16.2. The molecule has 1 amide bonds. The SMILES string of the molecule is CC(C)(NC(=O)[C@H]1C2CNC[C@@H]21)c1nc2c(c3ccccc13)CCCC2. The van der Waals surface area contributed by atoms with Gasteiger partial charge in [0.15, 0.2) is 0 Å². The van der Waals surface area contributed by atoms with Crippen LogP contribution in [0.25, 0.3) is 10.8 Å². The molecule has 2 heterocycles. The quantitative estimate of drug-likeness (QED) is 0.896. The lowest BCUT2D eigenvalue weighted by Crippen LogP contribution is -2.44. The highest BCUT2D eigenvalue weighted by Crippen LogP contribution is 2.49. The van der Waals surface area contributed by atoms with Crippen LogP contribution in [-0.4, -0.2) is 24.0 Å². The summed E-state index contributed by atoms with van der Waals surface area (Å²) in [5.74, 6) is 1.48. The van der Waals surface area contributed by atoms with E-state index >= 15 is 0 Å². The number of aryl methyl sites for hydroxylation is 2. The molecule has 2 aliphatic carbocycles. The van der Waals surface area contributed by atoms with Crippen LogP contribution in [0.5, 0.6) is 0 Å². The summed E-state index contributed by atoms with van der Waals surface area (Å²) in [6.07, 6.45) is 4.63. The third-order valence-corrected chi connectivity index (χ3v) is 6.61. The molecule has 1 aromatic heterocycles. The van der Waals surface area contributed by atoms with E-state index in [0.29, 0.717) is 11.8 Å². The van der Waals surface area contributed by atoms with Gasteiger partial charge in [-0.1, -0.05) is 24.3 Å². The second kappa shape index (κ2) is 5.78. The topological polar surface area (TPSA) is 54.0 Å². The first-order valence-electron chi connectivity index (χ1n) is 10.00. The maximum Gasteiger partial charge on any atom is 0.224 e. The van der Waals surface area contributed by atoms with Crippen LogP contribution in [0, 0.1) is 17.8 Å². The molecule has 3 atom stereocenters. The number of amides is 1. The lowest BCUT2D eigenvalue weighted by molar-refractivity contribution is -0.124. The summed E-state index contributed by atoms with van der Waals surface area (Å²) >= 11 is 0. The fourth-order valence-electron chi connectivity index (χ4n) is 5.19. The van der Waals surface area contributed by atoms with Gasteiger partial charge in [-0.25, -0.2) is 0 Å². The molecular weight excluding hydrogens is 322 g/mol. The number of nitrogens with one attached hydrogen (secondary N) is 2. The van der Waals surface area contributed by atoms with E-state index in [1.165, 1.54) is 34.9 Å². The first-order chi connectivity index (χ1) is 12.6. The van der Waals surface area contributed by atoms with Gasteiger partial charge in [0.1, 0.15) is 0 Å². The minimum absolute atomic E-state index is 0.194. The number of piperidine rings is 1. The van der Waals surface area contributed by atoms with Gasteiger partial charge in [0.05, 0.1) is 11.2 Å². The molecule has 4 heteroatoms. The zero-order chi connectivity index (χ0) is 17.9. The van der Waals surface area contributed by atoms with Crippen LogP contribution >= 0.6 is 0 Å². The zero-order valence-corrected chi connectivity index (χ0v) is 15.6. The monoisotopic (exact) mass is 349 g/mol. The Kier molecular flexibility index (Phi) is 3.61. The predicted molar refractivity (Wildman–Crippen MR) is 103 cm³/mol. The summed E-state index contributed by atoms with van der Waals surface area (Å²) in [6.45, 7) is 6.18. The average Bonchev–Trinajstić information content (AvgIpc) is 3.14. The van der Waals surface area contributed by atoms with E-state index in [-0.39, 0.29) is 11.8 Å². The molecule has 0 spiro atoms. The van der Waals surface area contributed by atoms with Gasteiger partial charge < -0.3 is 10.6 Å². The van der Waals surface area contributed by atoms with E-state index in [2.05, 4.69) is 48.7 Å². The number of fused-ring (bicyclic) bond motifs is 4. The molecule has 26 heavy (non-hydrogen) atoms. The van der Waals surface area contributed by atoms with Gasteiger partial charge in [-0.05, 0) is 75.4 Å². The Labute approximate surface area is 154 Å². The van der Waals surface area contributed by atoms with E-state index in [1.54, 1.807) is 0 Å². The molecule has 1 saturated carbocycles. The van der Waals surface area contributed by atoms with Gasteiger partial charge in [-0.15, -0.1) is 0 Å². The number of pyridine rings is 1. The standard InChI is InChI=1S/C22H27N3O/c1-22(2,25-21(26)19-16-11-23-12-17(16)19)20-15-9-4-3-7-13(15)14-8-5-6-10-18(14)24-20/h3-4,7,9,16-17,19,23H,5-6,8,10-12H2,1-2H3,(H,25,26)/t16-,17?,19+/m0/s1. The smallest absolute Gasteiger partial charge is 0.224 e. The normalized spacial score (nSPS) is 27.1. The van der Waals surface area contributed by atoms with Gasteiger partial charge in [-0.3, -0.25) is 9.78 Å². The second-order valence-corrected chi connectivity index (χ2v) is 8.76. The third-order valence-electron chi connectivity index (χ3n) is 6.61. The van der Waals surface area contributed by atoms with Crippen LogP contribution in [0.1, 0.15) is 43.6 Å². The Hall–Kier alpha value is -1.94. The van der Waals surface area contributed by atoms with Gasteiger partial charge in [0, 0.05) is 17.0 Å². The number of carbonyl (C=O) groups is 1. The Morgan fingerprint density at radius 3 is 2.58 bits per heavy atom. The van der Waals surface area contributed by atoms with Crippen molar-refractivity contribution in [3.8, 4) is 0 Å². The average molecular weight is 349 g/mol. The molecule has 4 nitrogen and oxygen atoms in total. The molecule has 1 aromatic carbocycles. The maximum absolute atomic E-state index is 12.9. The van der Waals surface area contributed by atoms with Crippen molar-refractivity contribution in [2.75, 3.05) is 13.1 Å². The summed E-state index contributed by atoms with van der Waals surface area (Å²) in [5, 5.41) is 9.21. The van der Waals surface area contributed by atoms with Crippen molar-refractivity contribution in [2.45, 2.75) is 45.1 Å². The molecule has 2 aromatic rings. The number of nitrogens with zero attached hydrogens (tertiary/aromatic N) is 1. The lowest BCUT2D eigenvalue weighted by Gasteiger charge is -2.30. The van der Waals surface area contributed by atoms with Crippen molar-refractivity contribution < 1.29 is 4.79 Å². The summed E-state index contributed by atoms with van der Waals surface area (Å²) in [4.78, 5) is 18.0. The van der Waals surface area contributed by atoms with Crippen LogP contribution in [-0.2, 0) is 23.2 Å². The highest BCUT2D eigenvalue weighted by molar-refractivity contribution is 5.90. The largest absolute Gasteiger partial charge is 0.345 e. The summed E-state index contributed by atoms with van der Waals surface area (Å²) in [6, 6.07) is 8.58. The lowest BCUT2D eigenvalue weighted by atomic mass is 9.87. The van der Waals surface area contributed by atoms with E-state index < -0.39 is 5.54 Å². The fourth-order valence-corrected chi connectivity index (χ4v) is 5.19. The minimum atomic E-state index is -0.465. The number of aromatic nitrogens is 1. The maximum atomic E-state index is 12.9. The molecule has 1 aliphatic heterocycles. The van der Waals surface area contributed by atoms with Gasteiger partial charge in [-0.2, -0.15) is 0 Å². The van der Waals surface area contributed by atoms with Crippen molar-refractivity contribution in [2.24, 2.45) is 17.8 Å². The number of hydrogen-bond acceptors (Lipinski definition) is 3. The highest BCUT2D eigenvalue weighted by atomic mass is 16.2. The molecule has 2 fully saturated rings. The second-order valence-electron chi connectivity index (χ2n) is 8.76. The number of benzene rings is 1. The molecular formula is C22H27N3O. The molecule has 1 unspecified atom stereocenters. The first-order valence-corrected chi connectivity index (χ1v) is 10.00. The molecule has 1 saturated heterocycles. The Balaban J connectivity index is 1.52. The van der Waals surface area contributed by atoms with E-state index in [4.69, 9.17) is 4.98 Å². The van der Waals surface area contributed by atoms with Crippen molar-refractivity contribution >= 4 is 16.7 Å². The summed E-state index contributed by atoms with van der Waals surface area (Å²) in [7, 11) is 0. The van der Waals surface area contributed by atoms with E-state index in [1.807, 2.05) is 0 Å². The third kappa shape index (κ3) is 2.46. The zero-order valence-electron chi connectivity index (χ0n) is 15.6. The van der Waals surface area contributed by atoms with Gasteiger partial charge in [0.25, 0.3) is 0 Å². The van der Waals surface area contributed by atoms with Gasteiger partial charge in [0.2, 0.25) is 5.91 Å². The molecule has 136 valence electrons. The van der Waals surface area contributed by atoms with Crippen molar-refractivity contribution in [1.82, 2.24) is 15.6 Å². The molecule has 0 bridgehead atoms. The predicted octanol–water partition coefficient (Wildman–Crippen LogP) is 2.93. The van der Waals surface area contributed by atoms with Crippen LogP contribution in [0.2, 0.25) is 0 Å². The Morgan fingerprint density at radius 1 is 1.12 bits per heavy atom. The van der Waals surface area contributed by atoms with Crippen molar-refractivity contribution in [1.29, 1.82) is 0 Å². The van der Waals surface area contributed by atoms with Crippen LogP contribution in [0.15, 0.2) is 24.3 Å². The summed E-state index contributed by atoms with van der Waals surface area (Å²) in [5.41, 5.74) is 3.21. The summed E-state index contributed by atoms with van der Waals surface area (Å²) < 4.78 is 0. The Morgan fingerprint density at radius 2 is 1.81 bits per heavy atom. The number of hydrogen-bond donors (Lipinski definition) is 2. The number of rotatable bonds is 3. The minimum Gasteiger partial charge on any atom is -0.345 e. The molecule has 0 radical (unpaired) electrons. The van der Waals surface area contributed by atoms with Crippen LogP contribution in [0.3, 0.4) is 0 Å². The van der Waals surface area contributed by atoms with Crippen LogP contribution < -0.4 is 10.6 Å². The Bertz CT molecular complexity index is 878. The number of carbonyl (C=O) groups excluding carboxylic acids is 1. The van der Waals surface area contributed by atoms with Crippen molar-refractivity contribution in [3.05, 3.63) is 41.2 Å².